The van der Waals surface area contributed by atoms with Crippen molar-refractivity contribution in [3.8, 4) is 0 Å². The Bertz CT molecular complexity index is 385. The van der Waals surface area contributed by atoms with Crippen molar-refractivity contribution in [3.05, 3.63) is 0 Å². The number of aliphatic hydroxyl groups is 1. The van der Waals surface area contributed by atoms with E-state index < -0.39 is 10.2 Å². The summed E-state index contributed by atoms with van der Waals surface area (Å²) >= 11 is 0. The quantitative estimate of drug-likeness (QED) is 0.750. The molecule has 0 aliphatic carbocycles. The summed E-state index contributed by atoms with van der Waals surface area (Å²) in [5.74, 6) is 0.829. The zero-order valence-corrected chi connectivity index (χ0v) is 14.0. The maximum Gasteiger partial charge on any atom is 0.279 e. The molecule has 120 valence electrons. The van der Waals surface area contributed by atoms with Gasteiger partial charge in [-0.15, -0.1) is 0 Å². The Hall–Kier alpha value is -0.170. The maximum absolute atomic E-state index is 12.4. The van der Waals surface area contributed by atoms with E-state index in [9.17, 15) is 8.42 Å². The monoisotopic (exact) mass is 306 g/mol. The van der Waals surface area contributed by atoms with E-state index in [1.165, 1.54) is 0 Å². The molecule has 0 amide bonds. The third-order valence-corrected chi connectivity index (χ3v) is 5.41. The van der Waals surface area contributed by atoms with Crippen LogP contribution >= 0.6 is 0 Å². The molecule has 5 nitrogen and oxygen atoms in total. The van der Waals surface area contributed by atoms with Crippen LogP contribution in [0.2, 0.25) is 0 Å². The van der Waals surface area contributed by atoms with Gasteiger partial charge in [-0.05, 0) is 36.5 Å². The molecule has 1 saturated heterocycles. The van der Waals surface area contributed by atoms with Gasteiger partial charge in [0.1, 0.15) is 0 Å². The molecule has 1 heterocycles. The van der Waals surface area contributed by atoms with Gasteiger partial charge < -0.3 is 5.11 Å². The van der Waals surface area contributed by atoms with Crippen LogP contribution in [-0.2, 0) is 10.2 Å². The molecule has 6 heteroatoms. The third-order valence-electron chi connectivity index (χ3n) is 3.92. The fraction of sp³-hybridized carbons (Fsp3) is 1.00. The van der Waals surface area contributed by atoms with Crippen molar-refractivity contribution in [1.29, 1.82) is 0 Å². The largest absolute Gasteiger partial charge is 0.396 e. The molecule has 1 fully saturated rings. The molecule has 0 bridgehead atoms. The Morgan fingerprint density at radius 3 is 2.30 bits per heavy atom. The van der Waals surface area contributed by atoms with Gasteiger partial charge in [0.2, 0.25) is 0 Å². The molecular weight excluding hydrogens is 276 g/mol. The van der Waals surface area contributed by atoms with Crippen LogP contribution in [0.4, 0.5) is 0 Å². The summed E-state index contributed by atoms with van der Waals surface area (Å²) in [4.78, 5) is 0. The molecule has 0 saturated carbocycles. The van der Waals surface area contributed by atoms with Gasteiger partial charge in [-0.2, -0.15) is 12.7 Å². The summed E-state index contributed by atoms with van der Waals surface area (Å²) in [6.45, 7) is 10.0. The van der Waals surface area contributed by atoms with E-state index in [0.717, 1.165) is 12.8 Å². The highest BCUT2D eigenvalue weighted by Gasteiger charge is 2.31. The van der Waals surface area contributed by atoms with E-state index in [2.05, 4.69) is 18.6 Å². The van der Waals surface area contributed by atoms with Crippen molar-refractivity contribution in [2.75, 3.05) is 26.2 Å². The molecule has 2 atom stereocenters. The first-order valence-corrected chi connectivity index (χ1v) is 8.96. The topological polar surface area (TPSA) is 69.6 Å². The Morgan fingerprint density at radius 2 is 1.80 bits per heavy atom. The molecule has 0 aromatic carbocycles. The van der Waals surface area contributed by atoms with Crippen molar-refractivity contribution in [2.24, 2.45) is 17.3 Å². The van der Waals surface area contributed by atoms with Gasteiger partial charge in [-0.3, -0.25) is 0 Å². The van der Waals surface area contributed by atoms with Crippen LogP contribution in [0, 0.1) is 17.3 Å². The lowest BCUT2D eigenvalue weighted by atomic mass is 9.88. The highest BCUT2D eigenvalue weighted by atomic mass is 32.2. The van der Waals surface area contributed by atoms with Crippen molar-refractivity contribution in [3.63, 3.8) is 0 Å². The molecule has 0 radical (unpaired) electrons. The molecule has 0 aromatic heterocycles. The average Bonchev–Trinajstić information content (AvgIpc) is 2.33. The normalized spacial score (nSPS) is 25.9. The minimum Gasteiger partial charge on any atom is -0.396 e. The van der Waals surface area contributed by atoms with Crippen LogP contribution in [-0.4, -0.2) is 44.1 Å². The molecule has 1 aliphatic rings. The van der Waals surface area contributed by atoms with Gasteiger partial charge in [0.05, 0.1) is 0 Å². The number of hydrogen-bond acceptors (Lipinski definition) is 3. The molecular formula is C14H30N2O3S. The third kappa shape index (κ3) is 5.68. The Morgan fingerprint density at radius 1 is 1.25 bits per heavy atom. The van der Waals surface area contributed by atoms with E-state index in [0.29, 0.717) is 37.9 Å². The second-order valence-corrected chi connectivity index (χ2v) is 8.84. The van der Waals surface area contributed by atoms with E-state index in [1.807, 2.05) is 13.8 Å². The lowest BCUT2D eigenvalue weighted by Gasteiger charge is -2.35. The lowest BCUT2D eigenvalue weighted by Crippen LogP contribution is -2.49. The summed E-state index contributed by atoms with van der Waals surface area (Å²) in [6, 6.07) is 0. The number of nitrogens with one attached hydrogen (secondary N) is 1. The second kappa shape index (κ2) is 7.20. The number of hydrogen-bond donors (Lipinski definition) is 2. The van der Waals surface area contributed by atoms with Gasteiger partial charge in [0.25, 0.3) is 10.2 Å². The predicted octanol–water partition coefficient (Wildman–Crippen LogP) is 1.60. The van der Waals surface area contributed by atoms with Crippen LogP contribution in [0.15, 0.2) is 0 Å². The van der Waals surface area contributed by atoms with Gasteiger partial charge >= 0.3 is 0 Å². The maximum atomic E-state index is 12.4. The van der Waals surface area contributed by atoms with Crippen LogP contribution in [0.25, 0.3) is 0 Å². The van der Waals surface area contributed by atoms with Gasteiger partial charge in [0, 0.05) is 26.2 Å². The Labute approximate surface area is 123 Å². The van der Waals surface area contributed by atoms with Crippen LogP contribution < -0.4 is 4.72 Å². The van der Waals surface area contributed by atoms with E-state index >= 15 is 0 Å². The van der Waals surface area contributed by atoms with Crippen LogP contribution in [0.5, 0.6) is 0 Å². The van der Waals surface area contributed by atoms with Crippen LogP contribution in [0.3, 0.4) is 0 Å². The van der Waals surface area contributed by atoms with Gasteiger partial charge in [-0.1, -0.05) is 27.7 Å². The number of piperidine rings is 1. The second-order valence-electron chi connectivity index (χ2n) is 7.08. The van der Waals surface area contributed by atoms with E-state index in [-0.39, 0.29) is 12.0 Å². The Kier molecular flexibility index (Phi) is 6.44. The number of aliphatic hydroxyl groups excluding tert-OH is 1. The zero-order valence-electron chi connectivity index (χ0n) is 13.2. The predicted molar refractivity (Wildman–Crippen MR) is 81.5 cm³/mol. The standard InChI is InChI=1S/C14H30N2O3S/c1-12-8-13(2)10-16(9-12)20(18,19)15-11-14(3,4)6-5-7-17/h12-13,15,17H,5-11H2,1-4H3. The van der Waals surface area contributed by atoms with Crippen molar-refractivity contribution < 1.29 is 13.5 Å². The van der Waals surface area contributed by atoms with Crippen molar-refractivity contribution >= 4 is 10.2 Å². The van der Waals surface area contributed by atoms with Gasteiger partial charge in [-0.25, -0.2) is 4.72 Å². The molecule has 1 aliphatic heterocycles. The summed E-state index contributed by atoms with van der Waals surface area (Å²) < 4.78 is 29.0. The lowest BCUT2D eigenvalue weighted by molar-refractivity contribution is 0.216. The highest BCUT2D eigenvalue weighted by molar-refractivity contribution is 7.87. The molecule has 1 rings (SSSR count). The first-order valence-electron chi connectivity index (χ1n) is 7.52. The summed E-state index contributed by atoms with van der Waals surface area (Å²) in [5, 5.41) is 8.87. The summed E-state index contributed by atoms with van der Waals surface area (Å²) in [7, 11) is -3.39. The summed E-state index contributed by atoms with van der Waals surface area (Å²) in [6.07, 6.45) is 2.60. The van der Waals surface area contributed by atoms with E-state index in [1.54, 1.807) is 4.31 Å². The molecule has 2 N–H and O–H groups in total. The van der Waals surface area contributed by atoms with E-state index in [4.69, 9.17) is 5.11 Å². The highest BCUT2D eigenvalue weighted by Crippen LogP contribution is 2.24. The molecule has 20 heavy (non-hydrogen) atoms. The minimum atomic E-state index is -3.39. The average molecular weight is 306 g/mol. The number of rotatable bonds is 7. The fourth-order valence-corrected chi connectivity index (χ4v) is 4.48. The first-order chi connectivity index (χ1) is 9.16. The zero-order chi connectivity index (χ0) is 15.4. The van der Waals surface area contributed by atoms with Gasteiger partial charge in [0.15, 0.2) is 0 Å². The van der Waals surface area contributed by atoms with Crippen molar-refractivity contribution in [1.82, 2.24) is 9.03 Å². The SMILES string of the molecule is CC1CC(C)CN(S(=O)(=O)NCC(C)(C)CCCO)C1. The minimum absolute atomic E-state index is 0.136. The van der Waals surface area contributed by atoms with Crippen molar-refractivity contribution in [2.45, 2.75) is 47.0 Å². The molecule has 0 spiro atoms. The first kappa shape index (κ1) is 17.9. The van der Waals surface area contributed by atoms with Crippen LogP contribution in [0.1, 0.15) is 47.0 Å². The summed E-state index contributed by atoms with van der Waals surface area (Å²) in [5.41, 5.74) is -0.136. The number of nitrogens with zero attached hydrogens (tertiary/aromatic N) is 1. The fourth-order valence-electron chi connectivity index (χ4n) is 2.83. The molecule has 2 unspecified atom stereocenters. The Balaban J connectivity index is 2.56. The molecule has 0 aromatic rings. The smallest absolute Gasteiger partial charge is 0.279 e.